The first kappa shape index (κ1) is 37.9. The zero-order chi connectivity index (χ0) is 41.7. The van der Waals surface area contributed by atoms with E-state index in [1.165, 1.54) is 17.7 Å². The third-order valence-corrected chi connectivity index (χ3v) is 12.0. The monoisotopic (exact) mass is 798 g/mol. The van der Waals surface area contributed by atoms with E-state index in [4.69, 9.17) is 5.73 Å². The molecule has 8 aromatic carbocycles. The molecule has 2 N–H and O–H groups in total. The topological polar surface area (TPSA) is 30.9 Å². The second-order valence-electron chi connectivity index (χ2n) is 15.6. The molecule has 1 aliphatic carbocycles. The van der Waals surface area contributed by atoms with E-state index in [1.54, 1.807) is 0 Å². The molecule has 0 saturated carbocycles. The van der Waals surface area contributed by atoms with Crippen LogP contribution in [-0.2, 0) is 12.6 Å². The van der Waals surface area contributed by atoms with Crippen LogP contribution in [0.25, 0.3) is 95.1 Å². The minimum absolute atomic E-state index is 0.489. The van der Waals surface area contributed by atoms with Crippen LogP contribution < -0.4 is 5.73 Å². The second kappa shape index (κ2) is 15.3. The molecule has 2 nitrogen and oxygen atoms in total. The Kier molecular flexibility index (Phi) is 9.52. The van der Waals surface area contributed by atoms with Crippen LogP contribution >= 0.6 is 0 Å². The van der Waals surface area contributed by atoms with Gasteiger partial charge in [-0.3, -0.25) is 4.57 Å². The number of nitrogens with two attached hydrogens (primary N) is 1. The Morgan fingerprint density at radius 2 is 1.10 bits per heavy atom. The lowest BCUT2D eigenvalue weighted by Gasteiger charge is -2.24. The van der Waals surface area contributed by atoms with Crippen molar-refractivity contribution >= 4 is 39.6 Å². The van der Waals surface area contributed by atoms with E-state index in [-0.39, 0.29) is 0 Å². The minimum atomic E-state index is -4.56. The molecule has 10 rings (SSSR count). The van der Waals surface area contributed by atoms with Crippen molar-refractivity contribution in [2.45, 2.75) is 25.9 Å². The predicted octanol–water partition coefficient (Wildman–Crippen LogP) is 15.7. The van der Waals surface area contributed by atoms with E-state index < -0.39 is 11.7 Å². The van der Waals surface area contributed by atoms with Crippen molar-refractivity contribution < 1.29 is 13.2 Å². The largest absolute Gasteiger partial charge is 0.416 e. The number of nitrogens with zero attached hydrogens (tertiary/aromatic N) is 1. The number of hydrogen-bond acceptors (Lipinski definition) is 1. The number of allylic oxidation sites excluding steroid dienone is 2. The van der Waals surface area contributed by atoms with Gasteiger partial charge in [0.2, 0.25) is 0 Å². The number of fused-ring (bicyclic) bond motifs is 3. The maximum atomic E-state index is 15.0. The third kappa shape index (κ3) is 6.82. The fraction of sp³-hybridized carbons (Fsp3) is 0.0714. The van der Waals surface area contributed by atoms with Gasteiger partial charge in [-0.25, -0.2) is 0 Å². The summed E-state index contributed by atoms with van der Waals surface area (Å²) >= 11 is 0. The van der Waals surface area contributed by atoms with Crippen molar-refractivity contribution in [3.8, 4) is 61.3 Å². The first-order valence-electron chi connectivity index (χ1n) is 20.6. The van der Waals surface area contributed by atoms with Crippen LogP contribution in [0.15, 0.2) is 182 Å². The lowest BCUT2D eigenvalue weighted by molar-refractivity contribution is -0.137. The Morgan fingerprint density at radius 3 is 1.74 bits per heavy atom. The summed E-state index contributed by atoms with van der Waals surface area (Å²) in [6, 6.07) is 55.9. The summed E-state index contributed by atoms with van der Waals surface area (Å²) in [7, 11) is 0. The molecule has 0 bridgehead atoms. The number of anilines is 1. The SMILES string of the molecule is C/C=C\c1c(N)n(-c2ccc(-c3ccc(-c4ccccc4)cc3)cc2)c2ccc(-c3cc(-c4c5c(c(-c6ccccc6)c6ccccc46)C=CCC5)cc(C(F)(F)F)c3)cc12. The predicted molar refractivity (Wildman–Crippen MR) is 249 cm³/mol. The normalized spacial score (nSPS) is 12.7. The number of benzene rings is 8. The Bertz CT molecular complexity index is 3150. The van der Waals surface area contributed by atoms with Gasteiger partial charge < -0.3 is 5.73 Å². The summed E-state index contributed by atoms with van der Waals surface area (Å²) in [5.74, 6) is 0.555. The van der Waals surface area contributed by atoms with Crippen LogP contribution in [0.2, 0.25) is 0 Å². The van der Waals surface area contributed by atoms with Crippen LogP contribution in [0.4, 0.5) is 19.0 Å². The molecule has 61 heavy (non-hydrogen) atoms. The van der Waals surface area contributed by atoms with E-state index in [9.17, 15) is 13.2 Å². The summed E-state index contributed by atoms with van der Waals surface area (Å²) in [5, 5.41) is 2.80. The molecule has 0 amide bonds. The first-order valence-corrected chi connectivity index (χ1v) is 20.6. The minimum Gasteiger partial charge on any atom is -0.384 e. The molecule has 0 spiro atoms. The van der Waals surface area contributed by atoms with Crippen molar-refractivity contribution in [2.24, 2.45) is 0 Å². The van der Waals surface area contributed by atoms with Gasteiger partial charge in [-0.1, -0.05) is 152 Å². The van der Waals surface area contributed by atoms with E-state index >= 15 is 0 Å². The van der Waals surface area contributed by atoms with Gasteiger partial charge in [0.25, 0.3) is 0 Å². The molecule has 0 saturated heterocycles. The van der Waals surface area contributed by atoms with Gasteiger partial charge in [0.15, 0.2) is 0 Å². The molecule has 296 valence electrons. The summed E-state index contributed by atoms with van der Waals surface area (Å²) < 4.78 is 46.9. The van der Waals surface area contributed by atoms with Gasteiger partial charge in [0.05, 0.1) is 11.1 Å². The number of aromatic nitrogens is 1. The summed E-state index contributed by atoms with van der Waals surface area (Å²) in [6.07, 6.45) is 5.20. The van der Waals surface area contributed by atoms with Crippen molar-refractivity contribution in [3.05, 3.63) is 204 Å². The molecule has 1 aromatic heterocycles. The van der Waals surface area contributed by atoms with Gasteiger partial charge in [-0.05, 0) is 140 Å². The average molecular weight is 799 g/mol. The summed E-state index contributed by atoms with van der Waals surface area (Å²) in [4.78, 5) is 0. The molecule has 0 unspecified atom stereocenters. The van der Waals surface area contributed by atoms with Crippen molar-refractivity contribution in [3.63, 3.8) is 0 Å². The van der Waals surface area contributed by atoms with Gasteiger partial charge in [0.1, 0.15) is 5.82 Å². The smallest absolute Gasteiger partial charge is 0.384 e. The molecule has 1 aliphatic rings. The van der Waals surface area contributed by atoms with Crippen LogP contribution in [0.1, 0.15) is 35.6 Å². The van der Waals surface area contributed by atoms with Crippen LogP contribution in [0.5, 0.6) is 0 Å². The van der Waals surface area contributed by atoms with E-state index in [0.29, 0.717) is 22.5 Å². The lowest BCUT2D eigenvalue weighted by Crippen LogP contribution is -2.07. The Morgan fingerprint density at radius 1 is 0.541 bits per heavy atom. The highest BCUT2D eigenvalue weighted by atomic mass is 19.4. The lowest BCUT2D eigenvalue weighted by atomic mass is 9.79. The Labute approximate surface area is 353 Å². The van der Waals surface area contributed by atoms with Crippen molar-refractivity contribution in [1.29, 1.82) is 0 Å². The summed E-state index contributed by atoms with van der Waals surface area (Å²) in [6.45, 7) is 1.94. The van der Waals surface area contributed by atoms with Gasteiger partial charge in [-0.15, -0.1) is 0 Å². The molecule has 0 radical (unpaired) electrons. The highest BCUT2D eigenvalue weighted by Crippen LogP contribution is 2.47. The molecule has 0 fully saturated rings. The van der Waals surface area contributed by atoms with Crippen LogP contribution in [-0.4, -0.2) is 4.57 Å². The van der Waals surface area contributed by atoms with E-state index in [2.05, 4.69) is 91.0 Å². The molecule has 1 heterocycles. The zero-order valence-corrected chi connectivity index (χ0v) is 33.5. The third-order valence-electron chi connectivity index (χ3n) is 12.0. The maximum Gasteiger partial charge on any atom is 0.416 e. The van der Waals surface area contributed by atoms with Crippen LogP contribution in [0, 0.1) is 0 Å². The van der Waals surface area contributed by atoms with Gasteiger partial charge in [-0.2, -0.15) is 13.2 Å². The molecule has 0 aliphatic heterocycles. The average Bonchev–Trinajstić information content (AvgIpc) is 3.58. The fourth-order valence-electron chi connectivity index (χ4n) is 9.16. The number of nitrogen functional groups attached to an aromatic ring is 1. The number of hydrogen-bond donors (Lipinski definition) is 1. The first-order chi connectivity index (χ1) is 29.8. The molecule has 9 aromatic rings. The zero-order valence-electron chi connectivity index (χ0n) is 33.5. The van der Waals surface area contributed by atoms with Gasteiger partial charge in [0, 0.05) is 16.6 Å². The molecular weight excluding hydrogens is 758 g/mol. The maximum absolute atomic E-state index is 15.0. The fourth-order valence-corrected chi connectivity index (χ4v) is 9.16. The van der Waals surface area contributed by atoms with E-state index in [0.717, 1.165) is 90.3 Å². The molecular formula is C56H41F3N2. The number of halogens is 3. The molecule has 5 heteroatoms. The number of rotatable bonds is 7. The second-order valence-corrected chi connectivity index (χ2v) is 15.6. The van der Waals surface area contributed by atoms with Crippen LogP contribution in [0.3, 0.4) is 0 Å². The van der Waals surface area contributed by atoms with Gasteiger partial charge >= 0.3 is 6.18 Å². The molecule has 0 atom stereocenters. The van der Waals surface area contributed by atoms with Crippen molar-refractivity contribution in [1.82, 2.24) is 4.57 Å². The highest BCUT2D eigenvalue weighted by molar-refractivity contribution is 6.10. The summed E-state index contributed by atoms with van der Waals surface area (Å²) in [5.41, 5.74) is 20.2. The van der Waals surface area contributed by atoms with Crippen molar-refractivity contribution in [2.75, 3.05) is 5.73 Å². The quantitative estimate of drug-likeness (QED) is 0.171. The van der Waals surface area contributed by atoms with E-state index in [1.807, 2.05) is 103 Å². The number of alkyl halides is 3. The standard InChI is InChI=1S/C56H41F3N2/c1-2-13-50-51-35-41(28-31-52(51)61(55(50)60)45-29-26-39(27-30-45)38-24-22-37(23-25-38)36-14-5-3-6-15-36)42-32-43(34-44(33-42)56(57,58)59)54-48-20-11-9-18-46(48)53(40-16-7-4-8-17-40)47-19-10-12-21-49(47)54/h2-11,13-20,22-35H,12,21,60H2,1H3/b13-2-. The Balaban J connectivity index is 1.09. The Hall–Kier alpha value is -7.37. The highest BCUT2D eigenvalue weighted by Gasteiger charge is 2.32.